The molecule has 0 unspecified atom stereocenters. The van der Waals surface area contributed by atoms with Crippen LogP contribution in [-0.4, -0.2) is 13.8 Å². The second-order valence-corrected chi connectivity index (χ2v) is 6.23. The Kier molecular flexibility index (Phi) is 3.55. The molecule has 0 aliphatic carbocycles. The van der Waals surface area contributed by atoms with Crippen LogP contribution in [0.4, 0.5) is 0 Å². The van der Waals surface area contributed by atoms with Crippen LogP contribution in [0.1, 0.15) is 13.3 Å². The summed E-state index contributed by atoms with van der Waals surface area (Å²) in [4.78, 5) is 0. The average molecular weight is 298 g/mol. The molecular weight excluding hydrogens is 293 g/mol. The minimum atomic E-state index is -1.94. The van der Waals surface area contributed by atoms with Crippen LogP contribution < -0.4 is 0 Å². The fraction of sp³-hybridized carbons (Fsp3) is 1.00. The van der Waals surface area contributed by atoms with Gasteiger partial charge in [-0.2, -0.15) is 0 Å². The van der Waals surface area contributed by atoms with E-state index in [1.165, 1.54) is 0 Å². The molecule has 0 aromatic carbocycles. The lowest BCUT2D eigenvalue weighted by molar-refractivity contribution is 0.376. The predicted octanol–water partition coefficient (Wildman–Crippen LogP) is 4.47. The van der Waals surface area contributed by atoms with E-state index >= 15 is 0 Å². The Bertz CT molecular complexity index is 268. The van der Waals surface area contributed by atoms with Gasteiger partial charge in [-0.1, -0.05) is 64.9 Å². The first-order valence-electron chi connectivity index (χ1n) is 3.55. The van der Waals surface area contributed by atoms with Gasteiger partial charge in [0.15, 0.2) is 0 Å². The highest BCUT2D eigenvalue weighted by molar-refractivity contribution is 6.75. The summed E-state index contributed by atoms with van der Waals surface area (Å²) in [5.41, 5.74) is -1.33. The van der Waals surface area contributed by atoms with Gasteiger partial charge in [0.2, 0.25) is 13.8 Å². The van der Waals surface area contributed by atoms with Gasteiger partial charge in [-0.3, -0.25) is 0 Å². The first-order valence-corrected chi connectivity index (χ1v) is 5.44. The molecule has 14 heavy (non-hydrogen) atoms. The predicted molar refractivity (Wildman–Crippen MR) is 57.5 cm³/mol. The molecule has 0 bridgehead atoms. The van der Waals surface area contributed by atoms with Gasteiger partial charge >= 0.3 is 0 Å². The van der Waals surface area contributed by atoms with E-state index in [-0.39, 0.29) is 0 Å². The molecule has 0 N–H and O–H groups in total. The van der Waals surface area contributed by atoms with Crippen LogP contribution in [0.5, 0.6) is 0 Å². The van der Waals surface area contributed by atoms with Crippen LogP contribution >= 0.6 is 58.0 Å². The Hall–Kier alpha value is 0.650. The number of rotatable bonds is 2. The fourth-order valence-corrected chi connectivity index (χ4v) is 1.80. The summed E-state index contributed by atoms with van der Waals surface area (Å²) >= 11 is 28.8. The molecule has 0 aromatic heterocycles. The molecule has 0 atom stereocenters. The van der Waals surface area contributed by atoms with Crippen LogP contribution in [0.3, 0.4) is 0 Å². The van der Waals surface area contributed by atoms with Crippen LogP contribution in [0.15, 0.2) is 20.7 Å². The summed E-state index contributed by atoms with van der Waals surface area (Å²) in [6.45, 7) is 1.74. The molecular formula is C5H5Cl5N4. The van der Waals surface area contributed by atoms with E-state index in [1.807, 2.05) is 0 Å². The van der Waals surface area contributed by atoms with Crippen molar-refractivity contribution in [2.75, 3.05) is 0 Å². The van der Waals surface area contributed by atoms with Crippen LogP contribution in [-0.2, 0) is 0 Å². The van der Waals surface area contributed by atoms with Gasteiger partial charge in [-0.15, -0.1) is 10.2 Å². The van der Waals surface area contributed by atoms with Gasteiger partial charge in [-0.05, 0) is 16.9 Å². The number of halogens is 5. The first-order chi connectivity index (χ1) is 6.27. The number of hydrogen-bond donors (Lipinski definition) is 0. The summed E-state index contributed by atoms with van der Waals surface area (Å²) in [6.07, 6.45) is 0.320. The van der Waals surface area contributed by atoms with E-state index in [2.05, 4.69) is 20.7 Å². The maximum Gasteiger partial charge on any atom is 0.231 e. The molecule has 0 fully saturated rings. The van der Waals surface area contributed by atoms with E-state index in [9.17, 15) is 0 Å². The molecule has 1 aliphatic heterocycles. The van der Waals surface area contributed by atoms with Gasteiger partial charge in [0.1, 0.15) is 0 Å². The SMILES string of the molecule is CCC1(C(Cl)(Cl)C(Cl)(Cl)Cl)N=NN=N1. The molecule has 0 saturated heterocycles. The normalized spacial score (nSPS) is 20.4. The van der Waals surface area contributed by atoms with Crippen molar-refractivity contribution in [2.45, 2.75) is 27.1 Å². The molecule has 1 rings (SSSR count). The monoisotopic (exact) mass is 296 g/mol. The van der Waals surface area contributed by atoms with Gasteiger partial charge in [0.05, 0.1) is 0 Å². The van der Waals surface area contributed by atoms with Gasteiger partial charge in [0.25, 0.3) is 0 Å². The van der Waals surface area contributed by atoms with Crippen molar-refractivity contribution in [2.24, 2.45) is 20.7 Å². The quantitative estimate of drug-likeness (QED) is 0.675. The Morgan fingerprint density at radius 2 is 1.43 bits per heavy atom. The highest BCUT2D eigenvalue weighted by atomic mass is 35.6. The third kappa shape index (κ3) is 1.83. The maximum atomic E-state index is 5.94. The minimum absolute atomic E-state index is 0.320. The Morgan fingerprint density at radius 1 is 1.00 bits per heavy atom. The minimum Gasteiger partial charge on any atom is -0.131 e. The lowest BCUT2D eigenvalue weighted by atomic mass is 10.1. The maximum absolute atomic E-state index is 5.94. The molecule has 1 aliphatic rings. The van der Waals surface area contributed by atoms with Crippen molar-refractivity contribution in [3.05, 3.63) is 0 Å². The highest BCUT2D eigenvalue weighted by Gasteiger charge is 2.63. The second-order valence-electron chi connectivity index (χ2n) is 2.62. The number of alkyl halides is 5. The first kappa shape index (κ1) is 12.7. The third-order valence-electron chi connectivity index (χ3n) is 1.81. The van der Waals surface area contributed by atoms with Crippen molar-refractivity contribution in [3.63, 3.8) is 0 Å². The van der Waals surface area contributed by atoms with Crippen molar-refractivity contribution in [1.29, 1.82) is 0 Å². The van der Waals surface area contributed by atoms with E-state index in [0.29, 0.717) is 6.42 Å². The van der Waals surface area contributed by atoms with Crippen molar-refractivity contribution >= 4 is 58.0 Å². The van der Waals surface area contributed by atoms with Crippen LogP contribution in [0.25, 0.3) is 0 Å². The summed E-state index contributed by atoms with van der Waals surface area (Å²) < 4.78 is -3.75. The van der Waals surface area contributed by atoms with Crippen molar-refractivity contribution in [3.8, 4) is 0 Å². The summed E-state index contributed by atoms with van der Waals surface area (Å²) in [7, 11) is 0. The molecule has 4 nitrogen and oxygen atoms in total. The Balaban J connectivity index is 3.13. The van der Waals surface area contributed by atoms with Gasteiger partial charge in [0, 0.05) is 0 Å². The standard InChI is InChI=1S/C5H5Cl5N4/c1-2-3(11-13-14-12-3)4(6,7)5(8,9)10/h2H2,1H3. The molecule has 0 radical (unpaired) electrons. The summed E-state index contributed by atoms with van der Waals surface area (Å²) in [6, 6.07) is 0. The third-order valence-corrected chi connectivity index (χ3v) is 4.42. The zero-order valence-corrected chi connectivity index (χ0v) is 10.7. The lowest BCUT2D eigenvalue weighted by Crippen LogP contribution is -2.50. The van der Waals surface area contributed by atoms with E-state index in [4.69, 9.17) is 58.0 Å². The fourth-order valence-electron chi connectivity index (χ4n) is 0.924. The van der Waals surface area contributed by atoms with E-state index < -0.39 is 13.8 Å². The summed E-state index contributed by atoms with van der Waals surface area (Å²) in [5.74, 6) is 0. The zero-order valence-electron chi connectivity index (χ0n) is 6.89. The zero-order chi connectivity index (χ0) is 11.0. The van der Waals surface area contributed by atoms with Crippen LogP contribution in [0.2, 0.25) is 0 Å². The molecule has 0 spiro atoms. The topological polar surface area (TPSA) is 49.4 Å². The molecule has 0 saturated carbocycles. The Morgan fingerprint density at radius 3 is 1.71 bits per heavy atom. The number of nitrogens with zero attached hydrogens (tertiary/aromatic N) is 4. The van der Waals surface area contributed by atoms with Crippen molar-refractivity contribution in [1.82, 2.24) is 0 Å². The van der Waals surface area contributed by atoms with Crippen molar-refractivity contribution < 1.29 is 0 Å². The molecule has 0 aromatic rings. The van der Waals surface area contributed by atoms with Gasteiger partial charge < -0.3 is 0 Å². The molecule has 80 valence electrons. The lowest BCUT2D eigenvalue weighted by Gasteiger charge is -2.36. The highest BCUT2D eigenvalue weighted by Crippen LogP contribution is 2.56. The largest absolute Gasteiger partial charge is 0.231 e. The molecule has 0 amide bonds. The smallest absolute Gasteiger partial charge is 0.131 e. The molecule has 9 heteroatoms. The van der Waals surface area contributed by atoms with E-state index in [1.54, 1.807) is 6.92 Å². The van der Waals surface area contributed by atoms with Crippen LogP contribution in [0, 0.1) is 0 Å². The average Bonchev–Trinajstić information content (AvgIpc) is 2.51. The second kappa shape index (κ2) is 3.91. The van der Waals surface area contributed by atoms with E-state index in [0.717, 1.165) is 0 Å². The van der Waals surface area contributed by atoms with Gasteiger partial charge in [-0.25, -0.2) is 0 Å². The Labute approximate surface area is 106 Å². The summed E-state index contributed by atoms with van der Waals surface area (Å²) in [5, 5.41) is 14.0. The molecule has 1 heterocycles. The number of hydrogen-bond acceptors (Lipinski definition) is 4.